The zero-order chi connectivity index (χ0) is 17.8. The molecule has 0 bridgehead atoms. The summed E-state index contributed by atoms with van der Waals surface area (Å²) < 4.78 is 18.5. The number of amides is 1. The van der Waals surface area contributed by atoms with Gasteiger partial charge in [0.2, 0.25) is 11.8 Å². The van der Waals surface area contributed by atoms with Crippen molar-refractivity contribution in [3.8, 4) is 11.5 Å². The summed E-state index contributed by atoms with van der Waals surface area (Å²) in [7, 11) is 0. The van der Waals surface area contributed by atoms with E-state index < -0.39 is 0 Å². The number of aryl methyl sites for hydroxylation is 1. The predicted molar refractivity (Wildman–Crippen MR) is 93.6 cm³/mol. The molecule has 0 aliphatic rings. The zero-order valence-corrected chi connectivity index (χ0v) is 14.3. The molecule has 1 amide bonds. The van der Waals surface area contributed by atoms with Crippen LogP contribution in [0.25, 0.3) is 11.5 Å². The number of oxazole rings is 1. The third-order valence-electron chi connectivity index (χ3n) is 3.73. The Morgan fingerprint density at radius 1 is 1.20 bits per heavy atom. The molecule has 0 fully saturated rings. The summed E-state index contributed by atoms with van der Waals surface area (Å²) in [4.78, 5) is 16.5. The lowest BCUT2D eigenvalue weighted by Gasteiger charge is -2.04. The van der Waals surface area contributed by atoms with Crippen LogP contribution in [0.1, 0.15) is 17.0 Å². The van der Waals surface area contributed by atoms with Crippen LogP contribution >= 0.6 is 11.6 Å². The average molecular weight is 359 g/mol. The number of nitrogens with one attached hydrogen (secondary N) is 1. The maximum absolute atomic E-state index is 12.9. The van der Waals surface area contributed by atoms with Crippen LogP contribution in [-0.2, 0) is 17.8 Å². The zero-order valence-electron chi connectivity index (χ0n) is 13.6. The molecule has 1 heterocycles. The molecule has 0 aliphatic carbocycles. The molecule has 0 saturated heterocycles. The topological polar surface area (TPSA) is 55.1 Å². The van der Waals surface area contributed by atoms with Crippen molar-refractivity contribution < 1.29 is 13.6 Å². The third kappa shape index (κ3) is 4.25. The Morgan fingerprint density at radius 2 is 1.92 bits per heavy atom. The lowest BCUT2D eigenvalue weighted by molar-refractivity contribution is -0.120. The van der Waals surface area contributed by atoms with Gasteiger partial charge >= 0.3 is 0 Å². The first-order valence-electron chi connectivity index (χ1n) is 7.75. The van der Waals surface area contributed by atoms with Crippen molar-refractivity contribution in [3.05, 3.63) is 76.4 Å². The van der Waals surface area contributed by atoms with E-state index in [1.807, 2.05) is 18.2 Å². The molecule has 0 radical (unpaired) electrons. The number of hydrogen-bond donors (Lipinski definition) is 1. The van der Waals surface area contributed by atoms with Gasteiger partial charge in [-0.15, -0.1) is 0 Å². The molecule has 3 aromatic rings. The number of aromatic nitrogens is 1. The summed E-state index contributed by atoms with van der Waals surface area (Å²) in [6, 6.07) is 13.2. The molecule has 128 valence electrons. The van der Waals surface area contributed by atoms with Crippen LogP contribution in [-0.4, -0.2) is 10.9 Å². The van der Waals surface area contributed by atoms with Gasteiger partial charge < -0.3 is 9.73 Å². The highest BCUT2D eigenvalue weighted by atomic mass is 35.5. The van der Waals surface area contributed by atoms with Crippen LogP contribution in [0, 0.1) is 12.7 Å². The van der Waals surface area contributed by atoms with Gasteiger partial charge in [0.15, 0.2) is 0 Å². The standard InChI is InChI=1S/C19H16ClFN2O2/c1-12-17(23-19(25-12)15-4-2-3-5-16(15)20)10-18(24)22-11-13-6-8-14(21)9-7-13/h2-9H,10-11H2,1H3,(H,22,24). The lowest BCUT2D eigenvalue weighted by atomic mass is 10.2. The minimum Gasteiger partial charge on any atom is -0.441 e. The van der Waals surface area contributed by atoms with Crippen LogP contribution in [0.3, 0.4) is 0 Å². The maximum atomic E-state index is 12.9. The molecule has 3 rings (SSSR count). The van der Waals surface area contributed by atoms with Gasteiger partial charge in [0.05, 0.1) is 22.7 Å². The normalized spacial score (nSPS) is 10.7. The molecule has 2 aromatic carbocycles. The molecule has 0 saturated carbocycles. The monoisotopic (exact) mass is 358 g/mol. The molecule has 0 atom stereocenters. The van der Waals surface area contributed by atoms with E-state index in [1.54, 1.807) is 25.1 Å². The van der Waals surface area contributed by atoms with E-state index in [1.165, 1.54) is 12.1 Å². The van der Waals surface area contributed by atoms with Crippen molar-refractivity contribution >= 4 is 17.5 Å². The SMILES string of the molecule is Cc1oc(-c2ccccc2Cl)nc1CC(=O)NCc1ccc(F)cc1. The minimum absolute atomic E-state index is 0.0982. The van der Waals surface area contributed by atoms with Gasteiger partial charge in [-0.1, -0.05) is 35.9 Å². The number of carbonyl (C=O) groups is 1. The highest BCUT2D eigenvalue weighted by Crippen LogP contribution is 2.28. The Morgan fingerprint density at radius 3 is 2.64 bits per heavy atom. The average Bonchev–Trinajstić information content (AvgIpc) is 2.95. The van der Waals surface area contributed by atoms with E-state index in [2.05, 4.69) is 10.3 Å². The summed E-state index contributed by atoms with van der Waals surface area (Å²) in [6.45, 7) is 2.09. The second-order valence-corrected chi connectivity index (χ2v) is 5.99. The summed E-state index contributed by atoms with van der Waals surface area (Å²) in [6.07, 6.45) is 0.0982. The fourth-order valence-electron chi connectivity index (χ4n) is 2.36. The largest absolute Gasteiger partial charge is 0.441 e. The Kier molecular flexibility index (Phi) is 5.14. The minimum atomic E-state index is -0.305. The Hall–Kier alpha value is -2.66. The van der Waals surface area contributed by atoms with E-state index in [0.29, 0.717) is 34.5 Å². The molecule has 6 heteroatoms. The van der Waals surface area contributed by atoms with Crippen LogP contribution in [0.15, 0.2) is 52.9 Å². The van der Waals surface area contributed by atoms with Crippen LogP contribution in [0.2, 0.25) is 5.02 Å². The fraction of sp³-hybridized carbons (Fsp3) is 0.158. The van der Waals surface area contributed by atoms with Crippen LogP contribution < -0.4 is 5.32 Å². The summed E-state index contributed by atoms with van der Waals surface area (Å²) in [5.74, 6) is 0.475. The quantitative estimate of drug-likeness (QED) is 0.739. The number of rotatable bonds is 5. The number of hydrogen-bond acceptors (Lipinski definition) is 3. The van der Waals surface area contributed by atoms with E-state index in [-0.39, 0.29) is 18.1 Å². The van der Waals surface area contributed by atoms with Gasteiger partial charge in [0, 0.05) is 6.54 Å². The smallest absolute Gasteiger partial charge is 0.228 e. The predicted octanol–water partition coefficient (Wildman–Crippen LogP) is 4.30. The van der Waals surface area contributed by atoms with E-state index in [4.69, 9.17) is 16.0 Å². The van der Waals surface area contributed by atoms with Crippen molar-refractivity contribution in [3.63, 3.8) is 0 Å². The molecule has 25 heavy (non-hydrogen) atoms. The first-order valence-corrected chi connectivity index (χ1v) is 8.13. The summed E-state index contributed by atoms with van der Waals surface area (Å²) in [5.41, 5.74) is 2.07. The molecular weight excluding hydrogens is 343 g/mol. The second-order valence-electron chi connectivity index (χ2n) is 5.58. The van der Waals surface area contributed by atoms with Gasteiger partial charge in [-0.25, -0.2) is 9.37 Å². The van der Waals surface area contributed by atoms with E-state index in [0.717, 1.165) is 5.56 Å². The van der Waals surface area contributed by atoms with Crippen molar-refractivity contribution in [2.24, 2.45) is 0 Å². The van der Waals surface area contributed by atoms with Crippen molar-refractivity contribution in [2.45, 2.75) is 19.9 Å². The molecular formula is C19H16ClFN2O2. The van der Waals surface area contributed by atoms with Gasteiger partial charge in [-0.3, -0.25) is 4.79 Å². The van der Waals surface area contributed by atoms with Crippen LogP contribution in [0.4, 0.5) is 4.39 Å². The van der Waals surface area contributed by atoms with Crippen molar-refractivity contribution in [2.75, 3.05) is 0 Å². The van der Waals surface area contributed by atoms with Crippen molar-refractivity contribution in [1.82, 2.24) is 10.3 Å². The Balaban J connectivity index is 1.65. The third-order valence-corrected chi connectivity index (χ3v) is 4.06. The van der Waals surface area contributed by atoms with Gasteiger partial charge in [-0.05, 0) is 36.8 Å². The van der Waals surface area contributed by atoms with Crippen molar-refractivity contribution in [1.29, 1.82) is 0 Å². The number of benzene rings is 2. The molecule has 0 aliphatic heterocycles. The van der Waals surface area contributed by atoms with E-state index >= 15 is 0 Å². The Bertz CT molecular complexity index is 891. The molecule has 1 aromatic heterocycles. The Labute approximate surface area is 149 Å². The fourth-order valence-corrected chi connectivity index (χ4v) is 2.58. The number of carbonyl (C=O) groups excluding carboxylic acids is 1. The highest BCUT2D eigenvalue weighted by Gasteiger charge is 2.16. The number of halogens is 2. The maximum Gasteiger partial charge on any atom is 0.228 e. The summed E-state index contributed by atoms with van der Waals surface area (Å²) in [5, 5.41) is 3.32. The summed E-state index contributed by atoms with van der Waals surface area (Å²) >= 11 is 6.15. The van der Waals surface area contributed by atoms with Gasteiger partial charge in [-0.2, -0.15) is 0 Å². The van der Waals surface area contributed by atoms with E-state index in [9.17, 15) is 9.18 Å². The first-order chi connectivity index (χ1) is 12.0. The highest BCUT2D eigenvalue weighted by molar-refractivity contribution is 6.33. The molecule has 0 unspecified atom stereocenters. The molecule has 1 N–H and O–H groups in total. The number of nitrogens with zero attached hydrogens (tertiary/aromatic N) is 1. The van der Waals surface area contributed by atoms with Gasteiger partial charge in [0.25, 0.3) is 0 Å². The first kappa shape index (κ1) is 17.2. The van der Waals surface area contributed by atoms with Gasteiger partial charge in [0.1, 0.15) is 11.6 Å². The van der Waals surface area contributed by atoms with Crippen LogP contribution in [0.5, 0.6) is 0 Å². The molecule has 4 nitrogen and oxygen atoms in total. The second kappa shape index (κ2) is 7.49. The molecule has 0 spiro atoms. The lowest BCUT2D eigenvalue weighted by Crippen LogP contribution is -2.24.